The SMILES string of the molecule is Cc1cc(C)cc(C(=O)NC(C2CC2)C2CC2)c1. The minimum absolute atomic E-state index is 0.116. The fourth-order valence-corrected chi connectivity index (χ4v) is 2.87. The molecule has 2 nitrogen and oxygen atoms in total. The van der Waals surface area contributed by atoms with Gasteiger partial charge in [-0.25, -0.2) is 0 Å². The first-order valence-corrected chi connectivity index (χ1v) is 7.02. The van der Waals surface area contributed by atoms with Gasteiger partial charge in [0.15, 0.2) is 0 Å². The van der Waals surface area contributed by atoms with E-state index in [1.54, 1.807) is 0 Å². The summed E-state index contributed by atoms with van der Waals surface area (Å²) in [6.45, 7) is 4.09. The summed E-state index contributed by atoms with van der Waals surface area (Å²) in [7, 11) is 0. The predicted molar refractivity (Wildman–Crippen MR) is 72.6 cm³/mol. The molecule has 2 saturated carbocycles. The average molecular weight is 243 g/mol. The lowest BCUT2D eigenvalue weighted by atomic mass is 10.0. The lowest BCUT2D eigenvalue weighted by Gasteiger charge is -2.18. The van der Waals surface area contributed by atoms with Crippen molar-refractivity contribution in [3.8, 4) is 0 Å². The summed E-state index contributed by atoms with van der Waals surface area (Å²) in [6.07, 6.45) is 5.20. The number of amides is 1. The second-order valence-corrected chi connectivity index (χ2v) is 6.05. The van der Waals surface area contributed by atoms with Gasteiger partial charge in [-0.15, -0.1) is 0 Å². The fraction of sp³-hybridized carbons (Fsp3) is 0.562. The maximum atomic E-state index is 12.3. The van der Waals surface area contributed by atoms with Crippen LogP contribution < -0.4 is 5.32 Å². The quantitative estimate of drug-likeness (QED) is 0.864. The van der Waals surface area contributed by atoms with Crippen LogP contribution >= 0.6 is 0 Å². The van der Waals surface area contributed by atoms with Crippen LogP contribution in [0.2, 0.25) is 0 Å². The van der Waals surface area contributed by atoms with Gasteiger partial charge in [0.1, 0.15) is 0 Å². The number of carbonyl (C=O) groups excluding carboxylic acids is 1. The monoisotopic (exact) mass is 243 g/mol. The van der Waals surface area contributed by atoms with Crippen molar-refractivity contribution in [2.24, 2.45) is 11.8 Å². The van der Waals surface area contributed by atoms with Crippen LogP contribution in [0.4, 0.5) is 0 Å². The molecular formula is C16H21NO. The maximum absolute atomic E-state index is 12.3. The molecule has 0 aliphatic heterocycles. The minimum atomic E-state index is 0.116. The Morgan fingerprint density at radius 1 is 1.06 bits per heavy atom. The van der Waals surface area contributed by atoms with E-state index >= 15 is 0 Å². The molecule has 0 atom stereocenters. The van der Waals surface area contributed by atoms with Crippen molar-refractivity contribution in [3.63, 3.8) is 0 Å². The first kappa shape index (κ1) is 11.8. The molecule has 96 valence electrons. The van der Waals surface area contributed by atoms with Gasteiger partial charge in [0.05, 0.1) is 0 Å². The van der Waals surface area contributed by atoms with Crippen LogP contribution in [0.25, 0.3) is 0 Å². The van der Waals surface area contributed by atoms with Crippen molar-refractivity contribution in [1.29, 1.82) is 0 Å². The van der Waals surface area contributed by atoms with Crippen molar-refractivity contribution >= 4 is 5.91 Å². The van der Waals surface area contributed by atoms with Crippen LogP contribution in [-0.4, -0.2) is 11.9 Å². The minimum Gasteiger partial charge on any atom is -0.349 e. The zero-order valence-corrected chi connectivity index (χ0v) is 11.2. The molecule has 0 aromatic heterocycles. The van der Waals surface area contributed by atoms with Gasteiger partial charge in [-0.1, -0.05) is 17.2 Å². The molecule has 18 heavy (non-hydrogen) atoms. The molecule has 0 radical (unpaired) electrons. The van der Waals surface area contributed by atoms with Gasteiger partial charge < -0.3 is 5.32 Å². The highest BCUT2D eigenvalue weighted by Crippen LogP contribution is 2.44. The van der Waals surface area contributed by atoms with E-state index in [1.807, 2.05) is 26.0 Å². The lowest BCUT2D eigenvalue weighted by molar-refractivity contribution is 0.0926. The van der Waals surface area contributed by atoms with Gasteiger partial charge in [-0.05, 0) is 63.5 Å². The molecule has 1 aromatic carbocycles. The standard InChI is InChI=1S/C16H21NO/c1-10-7-11(2)9-14(8-10)16(18)17-15(12-3-4-12)13-5-6-13/h7-9,12-13,15H,3-6H2,1-2H3,(H,17,18). The first-order chi connectivity index (χ1) is 8.63. The summed E-state index contributed by atoms with van der Waals surface area (Å²) < 4.78 is 0. The van der Waals surface area contributed by atoms with Crippen molar-refractivity contribution in [1.82, 2.24) is 5.32 Å². The zero-order valence-electron chi connectivity index (χ0n) is 11.2. The number of hydrogen-bond donors (Lipinski definition) is 1. The Kier molecular flexibility index (Phi) is 2.89. The maximum Gasteiger partial charge on any atom is 0.251 e. The van der Waals surface area contributed by atoms with E-state index in [4.69, 9.17) is 0 Å². The third-order valence-electron chi connectivity index (χ3n) is 4.04. The van der Waals surface area contributed by atoms with E-state index in [0.717, 1.165) is 28.5 Å². The van der Waals surface area contributed by atoms with E-state index < -0.39 is 0 Å². The molecule has 2 fully saturated rings. The van der Waals surface area contributed by atoms with Crippen molar-refractivity contribution < 1.29 is 4.79 Å². The molecule has 1 aromatic rings. The second kappa shape index (κ2) is 4.42. The number of hydrogen-bond acceptors (Lipinski definition) is 1. The number of carbonyl (C=O) groups is 1. The molecule has 1 N–H and O–H groups in total. The molecule has 0 saturated heterocycles. The Bertz CT molecular complexity index is 440. The Morgan fingerprint density at radius 2 is 1.56 bits per heavy atom. The van der Waals surface area contributed by atoms with Crippen molar-refractivity contribution in [2.45, 2.75) is 45.6 Å². The average Bonchev–Trinajstić information content (AvgIpc) is 3.14. The normalized spacial score (nSPS) is 19.1. The number of rotatable bonds is 4. The molecule has 3 rings (SSSR count). The second-order valence-electron chi connectivity index (χ2n) is 6.05. The molecule has 0 unspecified atom stereocenters. The van der Waals surface area contributed by atoms with Crippen LogP contribution in [0.5, 0.6) is 0 Å². The molecule has 0 bridgehead atoms. The Hall–Kier alpha value is -1.31. The Labute approximate surface area is 109 Å². The summed E-state index contributed by atoms with van der Waals surface area (Å²) in [5.74, 6) is 1.63. The molecular weight excluding hydrogens is 222 g/mol. The van der Waals surface area contributed by atoms with E-state index in [9.17, 15) is 4.79 Å². The molecule has 2 aliphatic rings. The number of nitrogens with one attached hydrogen (secondary N) is 1. The van der Waals surface area contributed by atoms with E-state index in [1.165, 1.54) is 25.7 Å². The van der Waals surface area contributed by atoms with Crippen molar-refractivity contribution in [3.05, 3.63) is 34.9 Å². The molecule has 2 aliphatic carbocycles. The third-order valence-corrected chi connectivity index (χ3v) is 4.04. The molecule has 0 spiro atoms. The third kappa shape index (κ3) is 2.58. The van der Waals surface area contributed by atoms with E-state index in [-0.39, 0.29) is 5.91 Å². The predicted octanol–water partition coefficient (Wildman–Crippen LogP) is 3.22. The topological polar surface area (TPSA) is 29.1 Å². The Morgan fingerprint density at radius 3 is 2.00 bits per heavy atom. The van der Waals surface area contributed by atoms with Crippen LogP contribution in [0.1, 0.15) is 47.2 Å². The largest absolute Gasteiger partial charge is 0.349 e. The highest BCUT2D eigenvalue weighted by Gasteiger charge is 2.42. The summed E-state index contributed by atoms with van der Waals surface area (Å²) in [6, 6.07) is 6.52. The molecule has 1 amide bonds. The van der Waals surface area contributed by atoms with Crippen LogP contribution in [0, 0.1) is 25.7 Å². The van der Waals surface area contributed by atoms with Gasteiger partial charge in [0.2, 0.25) is 0 Å². The van der Waals surface area contributed by atoms with Gasteiger partial charge in [0, 0.05) is 11.6 Å². The van der Waals surface area contributed by atoms with E-state index in [0.29, 0.717) is 6.04 Å². The van der Waals surface area contributed by atoms with E-state index in [2.05, 4.69) is 11.4 Å². The van der Waals surface area contributed by atoms with Crippen LogP contribution in [0.15, 0.2) is 18.2 Å². The van der Waals surface area contributed by atoms with Crippen LogP contribution in [0.3, 0.4) is 0 Å². The highest BCUT2D eigenvalue weighted by atomic mass is 16.1. The van der Waals surface area contributed by atoms with Gasteiger partial charge in [-0.3, -0.25) is 4.79 Å². The molecule has 2 heteroatoms. The summed E-state index contributed by atoms with van der Waals surface area (Å²) in [5.41, 5.74) is 3.14. The Balaban J connectivity index is 1.72. The summed E-state index contributed by atoms with van der Waals surface area (Å²) in [4.78, 5) is 12.3. The van der Waals surface area contributed by atoms with Crippen molar-refractivity contribution in [2.75, 3.05) is 0 Å². The first-order valence-electron chi connectivity index (χ1n) is 7.02. The zero-order chi connectivity index (χ0) is 12.7. The number of benzene rings is 1. The number of aryl methyl sites for hydroxylation is 2. The summed E-state index contributed by atoms with van der Waals surface area (Å²) in [5, 5.41) is 3.27. The molecule has 0 heterocycles. The lowest BCUT2D eigenvalue weighted by Crippen LogP contribution is -2.38. The smallest absolute Gasteiger partial charge is 0.251 e. The van der Waals surface area contributed by atoms with Gasteiger partial charge in [-0.2, -0.15) is 0 Å². The fourth-order valence-electron chi connectivity index (χ4n) is 2.87. The highest BCUT2D eigenvalue weighted by molar-refractivity contribution is 5.94. The summed E-state index contributed by atoms with van der Waals surface area (Å²) >= 11 is 0. The van der Waals surface area contributed by atoms with Gasteiger partial charge >= 0.3 is 0 Å². The van der Waals surface area contributed by atoms with Gasteiger partial charge in [0.25, 0.3) is 5.91 Å². The van der Waals surface area contributed by atoms with Crippen LogP contribution in [-0.2, 0) is 0 Å².